The number of rotatable bonds is 8. The number of benzene rings is 3. The van der Waals surface area contributed by atoms with Gasteiger partial charge in [0.25, 0.3) is 0 Å². The molecule has 0 unspecified atom stereocenters. The number of amides is 1. The molecule has 0 spiro atoms. The van der Waals surface area contributed by atoms with Gasteiger partial charge in [0, 0.05) is 17.3 Å². The van der Waals surface area contributed by atoms with Crippen LogP contribution in [0.25, 0.3) is 11.4 Å². The van der Waals surface area contributed by atoms with Crippen LogP contribution < -0.4 is 14.8 Å². The fraction of sp³-hybridized carbons (Fsp3) is 0.0870. The minimum Gasteiger partial charge on any atom is -0.497 e. The highest BCUT2D eigenvalue weighted by Crippen LogP contribution is 2.25. The second-order valence-electron chi connectivity index (χ2n) is 6.47. The highest BCUT2D eigenvalue weighted by Gasteiger charge is 2.10. The summed E-state index contributed by atoms with van der Waals surface area (Å²) in [6, 6.07) is 24.2. The fourth-order valence-electron chi connectivity index (χ4n) is 2.78. The normalized spacial score (nSPS) is 10.5. The van der Waals surface area contributed by atoms with Gasteiger partial charge in [-0.05, 0) is 48.5 Å². The molecule has 1 amide bonds. The summed E-state index contributed by atoms with van der Waals surface area (Å²) in [4.78, 5) is 16.8. The zero-order chi connectivity index (χ0) is 21.5. The summed E-state index contributed by atoms with van der Waals surface area (Å²) in [5.41, 5.74) is 1.55. The molecule has 0 bridgehead atoms. The number of H-pyrrole nitrogens is 1. The van der Waals surface area contributed by atoms with Crippen LogP contribution in [0, 0.1) is 0 Å². The van der Waals surface area contributed by atoms with Crippen LogP contribution in [0.2, 0.25) is 0 Å². The number of ether oxygens (including phenoxy) is 2. The maximum Gasteiger partial charge on any atom is 0.234 e. The molecule has 31 heavy (non-hydrogen) atoms. The lowest BCUT2D eigenvalue weighted by molar-refractivity contribution is -0.113. The van der Waals surface area contributed by atoms with Crippen LogP contribution in [0.1, 0.15) is 0 Å². The number of para-hydroxylation sites is 1. The van der Waals surface area contributed by atoms with E-state index in [1.165, 1.54) is 11.8 Å². The molecule has 4 aromatic rings. The zero-order valence-electron chi connectivity index (χ0n) is 16.7. The van der Waals surface area contributed by atoms with Crippen LogP contribution in [0.4, 0.5) is 5.69 Å². The molecule has 0 aliphatic carbocycles. The van der Waals surface area contributed by atoms with Gasteiger partial charge in [-0.25, -0.2) is 4.98 Å². The van der Waals surface area contributed by atoms with E-state index in [0.717, 1.165) is 17.1 Å². The number of methoxy groups -OCH3 is 1. The minimum absolute atomic E-state index is 0.155. The van der Waals surface area contributed by atoms with Crippen molar-refractivity contribution in [2.75, 3.05) is 18.2 Å². The Labute approximate surface area is 183 Å². The molecule has 0 aliphatic heterocycles. The van der Waals surface area contributed by atoms with Gasteiger partial charge in [0.05, 0.1) is 12.9 Å². The molecular formula is C23H20N4O3S. The van der Waals surface area contributed by atoms with Crippen molar-refractivity contribution >= 4 is 23.4 Å². The number of hydrogen-bond acceptors (Lipinski definition) is 6. The highest BCUT2D eigenvalue weighted by molar-refractivity contribution is 7.99. The molecule has 0 saturated carbocycles. The third-order valence-electron chi connectivity index (χ3n) is 4.26. The lowest BCUT2D eigenvalue weighted by Crippen LogP contribution is -2.14. The second kappa shape index (κ2) is 9.82. The van der Waals surface area contributed by atoms with Gasteiger partial charge in [-0.15, -0.1) is 5.10 Å². The van der Waals surface area contributed by atoms with Crippen molar-refractivity contribution in [2.45, 2.75) is 5.16 Å². The van der Waals surface area contributed by atoms with E-state index in [1.807, 2.05) is 72.8 Å². The highest BCUT2D eigenvalue weighted by atomic mass is 32.2. The molecule has 4 rings (SSSR count). The Morgan fingerprint density at radius 3 is 2.52 bits per heavy atom. The fourth-order valence-corrected chi connectivity index (χ4v) is 3.38. The van der Waals surface area contributed by atoms with E-state index >= 15 is 0 Å². The molecule has 0 fully saturated rings. The van der Waals surface area contributed by atoms with E-state index in [4.69, 9.17) is 9.47 Å². The van der Waals surface area contributed by atoms with E-state index in [2.05, 4.69) is 20.5 Å². The molecule has 0 saturated heterocycles. The van der Waals surface area contributed by atoms with Crippen LogP contribution >= 0.6 is 11.8 Å². The van der Waals surface area contributed by atoms with Gasteiger partial charge >= 0.3 is 0 Å². The third kappa shape index (κ3) is 5.64. The Hall–Kier alpha value is -3.78. The van der Waals surface area contributed by atoms with Crippen LogP contribution in [0.5, 0.6) is 17.2 Å². The summed E-state index contributed by atoms with van der Waals surface area (Å²) < 4.78 is 11.0. The molecule has 1 aromatic heterocycles. The van der Waals surface area contributed by atoms with Crippen LogP contribution in [0.3, 0.4) is 0 Å². The van der Waals surface area contributed by atoms with E-state index in [9.17, 15) is 4.79 Å². The molecule has 0 aliphatic rings. The predicted molar refractivity (Wildman–Crippen MR) is 121 cm³/mol. The van der Waals surface area contributed by atoms with Gasteiger partial charge in [-0.1, -0.05) is 36.0 Å². The lowest BCUT2D eigenvalue weighted by Gasteiger charge is -2.08. The van der Waals surface area contributed by atoms with Crippen molar-refractivity contribution in [1.29, 1.82) is 0 Å². The molecule has 156 valence electrons. The summed E-state index contributed by atoms with van der Waals surface area (Å²) in [6.45, 7) is 0. The average molecular weight is 433 g/mol. The van der Waals surface area contributed by atoms with Crippen LogP contribution in [-0.4, -0.2) is 34.0 Å². The number of carbonyl (C=O) groups excluding carboxylic acids is 1. The Morgan fingerprint density at radius 2 is 1.74 bits per heavy atom. The first-order valence-electron chi connectivity index (χ1n) is 9.52. The molecule has 7 nitrogen and oxygen atoms in total. The molecule has 8 heteroatoms. The molecule has 2 N–H and O–H groups in total. The number of anilines is 1. The number of nitrogens with zero attached hydrogens (tertiary/aromatic N) is 2. The Bertz CT molecular complexity index is 1150. The van der Waals surface area contributed by atoms with Crippen molar-refractivity contribution < 1.29 is 14.3 Å². The largest absolute Gasteiger partial charge is 0.497 e. The maximum absolute atomic E-state index is 12.4. The van der Waals surface area contributed by atoms with Crippen molar-refractivity contribution in [3.8, 4) is 28.6 Å². The van der Waals surface area contributed by atoms with Gasteiger partial charge in [0.1, 0.15) is 17.2 Å². The molecule has 0 radical (unpaired) electrons. The van der Waals surface area contributed by atoms with E-state index < -0.39 is 0 Å². The number of thioether (sulfide) groups is 1. The average Bonchev–Trinajstić information content (AvgIpc) is 3.28. The van der Waals surface area contributed by atoms with E-state index in [-0.39, 0.29) is 11.7 Å². The summed E-state index contributed by atoms with van der Waals surface area (Å²) in [6.07, 6.45) is 0. The van der Waals surface area contributed by atoms with Crippen molar-refractivity contribution in [2.24, 2.45) is 0 Å². The summed E-state index contributed by atoms with van der Waals surface area (Å²) >= 11 is 1.26. The molecule has 0 atom stereocenters. The number of nitrogens with one attached hydrogen (secondary N) is 2. The molecule has 1 heterocycles. The topological polar surface area (TPSA) is 89.1 Å². The van der Waals surface area contributed by atoms with Gasteiger partial charge in [-0.2, -0.15) is 0 Å². The Balaban J connectivity index is 1.31. The third-order valence-corrected chi connectivity index (χ3v) is 5.10. The number of aromatic nitrogens is 3. The van der Waals surface area contributed by atoms with E-state index in [0.29, 0.717) is 22.4 Å². The number of carbonyl (C=O) groups is 1. The Morgan fingerprint density at radius 1 is 0.968 bits per heavy atom. The van der Waals surface area contributed by atoms with Crippen LogP contribution in [0.15, 0.2) is 84.0 Å². The van der Waals surface area contributed by atoms with Crippen molar-refractivity contribution in [3.63, 3.8) is 0 Å². The first-order valence-corrected chi connectivity index (χ1v) is 10.5. The summed E-state index contributed by atoms with van der Waals surface area (Å²) in [5.74, 6) is 2.82. The SMILES string of the molecule is COc1ccc(-c2nc(SCC(=O)Nc3cccc(Oc4ccccc4)c3)n[nH]2)cc1. The first kappa shape index (κ1) is 20.5. The van der Waals surface area contributed by atoms with Crippen molar-refractivity contribution in [1.82, 2.24) is 15.2 Å². The number of hydrogen-bond donors (Lipinski definition) is 2. The zero-order valence-corrected chi connectivity index (χ0v) is 17.6. The van der Waals surface area contributed by atoms with Gasteiger partial charge < -0.3 is 14.8 Å². The smallest absolute Gasteiger partial charge is 0.234 e. The quantitative estimate of drug-likeness (QED) is 0.381. The first-order chi connectivity index (χ1) is 15.2. The molecular weight excluding hydrogens is 412 g/mol. The van der Waals surface area contributed by atoms with Crippen LogP contribution in [-0.2, 0) is 4.79 Å². The van der Waals surface area contributed by atoms with Crippen molar-refractivity contribution in [3.05, 3.63) is 78.9 Å². The minimum atomic E-state index is -0.155. The van der Waals surface area contributed by atoms with Gasteiger partial charge in [-0.3, -0.25) is 9.89 Å². The van der Waals surface area contributed by atoms with Gasteiger partial charge in [0.2, 0.25) is 11.1 Å². The Kier molecular flexibility index (Phi) is 6.49. The van der Waals surface area contributed by atoms with Gasteiger partial charge in [0.15, 0.2) is 5.82 Å². The number of aromatic amines is 1. The molecule has 3 aromatic carbocycles. The maximum atomic E-state index is 12.4. The summed E-state index contributed by atoms with van der Waals surface area (Å²) in [5, 5.41) is 10.4. The summed E-state index contributed by atoms with van der Waals surface area (Å²) in [7, 11) is 1.62. The van der Waals surface area contributed by atoms with E-state index in [1.54, 1.807) is 13.2 Å². The monoisotopic (exact) mass is 432 g/mol. The standard InChI is InChI=1S/C23H20N4O3S/c1-29-18-12-10-16(11-13-18)22-25-23(27-26-22)31-15-21(28)24-17-6-5-9-20(14-17)30-19-7-3-2-4-8-19/h2-14H,15H2,1H3,(H,24,28)(H,25,26,27). The predicted octanol–water partition coefficient (Wildman–Crippen LogP) is 5.00. The second-order valence-corrected chi connectivity index (χ2v) is 7.42. The lowest BCUT2D eigenvalue weighted by atomic mass is 10.2.